The summed E-state index contributed by atoms with van der Waals surface area (Å²) in [5.74, 6) is 0.410. The normalized spacial score (nSPS) is 9.93. The van der Waals surface area contributed by atoms with Gasteiger partial charge in [0.15, 0.2) is 0 Å². The molecule has 0 N–H and O–H groups in total. The number of halogens is 1. The second kappa shape index (κ2) is 4.55. The smallest absolute Gasteiger partial charge is 0.141 e. The van der Waals surface area contributed by atoms with Gasteiger partial charge in [0.25, 0.3) is 0 Å². The van der Waals surface area contributed by atoms with E-state index in [-0.39, 0.29) is 5.82 Å². The van der Waals surface area contributed by atoms with E-state index in [9.17, 15) is 4.39 Å². The van der Waals surface area contributed by atoms with Crippen LogP contribution >= 0.6 is 0 Å². The summed E-state index contributed by atoms with van der Waals surface area (Å²) in [5.41, 5.74) is 0.698. The van der Waals surface area contributed by atoms with Crippen LogP contribution in [0, 0.1) is 11.9 Å². The lowest BCUT2D eigenvalue weighted by atomic mass is 10.3. The van der Waals surface area contributed by atoms with Gasteiger partial charge in [-0.05, 0) is 30.3 Å². The zero-order valence-corrected chi connectivity index (χ0v) is 7.98. The first-order chi connectivity index (χ1) is 7.34. The lowest BCUT2D eigenvalue weighted by Gasteiger charge is -2.04. The van der Waals surface area contributed by atoms with E-state index in [1.807, 2.05) is 12.1 Å². The lowest BCUT2D eigenvalue weighted by Crippen LogP contribution is -1.97. The van der Waals surface area contributed by atoms with Gasteiger partial charge in [0, 0.05) is 0 Å². The van der Waals surface area contributed by atoms with Crippen molar-refractivity contribution in [3.63, 3.8) is 0 Å². The number of hydrogen-bond donors (Lipinski definition) is 0. The summed E-state index contributed by atoms with van der Waals surface area (Å²) in [5, 5.41) is 0. The minimum atomic E-state index is -0.340. The summed E-state index contributed by atoms with van der Waals surface area (Å²) in [4.78, 5) is 3.89. The molecule has 3 heteroatoms. The molecule has 2 nitrogen and oxygen atoms in total. The van der Waals surface area contributed by atoms with Crippen molar-refractivity contribution < 1.29 is 9.13 Å². The van der Waals surface area contributed by atoms with Gasteiger partial charge in [-0.15, -0.1) is 0 Å². The first kappa shape index (κ1) is 9.65. The van der Waals surface area contributed by atoms with Crippen LogP contribution in [0.2, 0.25) is 0 Å². The van der Waals surface area contributed by atoms with Crippen LogP contribution in [0.25, 0.3) is 0 Å². The Bertz CT molecular complexity index is 413. The standard InChI is InChI=1S/C12H9FNO/c13-10-6-7-11(14-8-10)9-15-12-4-2-1-3-5-12/h2-8H,9H2. The van der Waals surface area contributed by atoms with Crippen molar-refractivity contribution in [2.75, 3.05) is 0 Å². The molecular weight excluding hydrogens is 193 g/mol. The number of pyridine rings is 1. The van der Waals surface area contributed by atoms with Crippen LogP contribution in [0.5, 0.6) is 5.75 Å². The highest BCUT2D eigenvalue weighted by Crippen LogP contribution is 2.10. The van der Waals surface area contributed by atoms with Crippen molar-refractivity contribution >= 4 is 0 Å². The summed E-state index contributed by atoms with van der Waals surface area (Å²) in [6.45, 7) is 0.338. The van der Waals surface area contributed by atoms with Crippen LogP contribution in [0.15, 0.2) is 42.6 Å². The summed E-state index contributed by atoms with van der Waals surface area (Å²) in [6, 6.07) is 13.0. The molecule has 0 saturated carbocycles. The van der Waals surface area contributed by atoms with Crippen molar-refractivity contribution in [3.05, 3.63) is 60.2 Å². The van der Waals surface area contributed by atoms with E-state index in [0.29, 0.717) is 12.3 Å². The predicted octanol–water partition coefficient (Wildman–Crippen LogP) is 2.60. The molecule has 0 aliphatic heterocycles. The number of hydrogen-bond acceptors (Lipinski definition) is 2. The van der Waals surface area contributed by atoms with Gasteiger partial charge < -0.3 is 4.74 Å². The summed E-state index contributed by atoms with van der Waals surface area (Å²) in [7, 11) is 0. The Morgan fingerprint density at radius 1 is 1.20 bits per heavy atom. The van der Waals surface area contributed by atoms with E-state index in [2.05, 4.69) is 11.1 Å². The quantitative estimate of drug-likeness (QED) is 0.763. The third-order valence-electron chi connectivity index (χ3n) is 1.86. The van der Waals surface area contributed by atoms with Gasteiger partial charge in [0.05, 0.1) is 11.9 Å². The number of rotatable bonds is 3. The topological polar surface area (TPSA) is 22.1 Å². The van der Waals surface area contributed by atoms with Crippen LogP contribution in [0.4, 0.5) is 4.39 Å². The van der Waals surface area contributed by atoms with Crippen molar-refractivity contribution in [3.8, 4) is 5.75 Å². The lowest BCUT2D eigenvalue weighted by molar-refractivity contribution is 0.301. The van der Waals surface area contributed by atoms with Gasteiger partial charge >= 0.3 is 0 Å². The number of nitrogens with zero attached hydrogens (tertiary/aromatic N) is 1. The average molecular weight is 202 g/mol. The van der Waals surface area contributed by atoms with E-state index in [1.165, 1.54) is 12.3 Å². The maximum Gasteiger partial charge on any atom is 0.141 e. The largest absolute Gasteiger partial charge is 0.487 e. The molecule has 0 aliphatic carbocycles. The SMILES string of the molecule is Fc1ccc(COc2cc[c]cc2)nc1. The molecule has 0 atom stereocenters. The van der Waals surface area contributed by atoms with Gasteiger partial charge in [0.1, 0.15) is 18.2 Å². The monoisotopic (exact) mass is 202 g/mol. The summed E-state index contributed by atoms with van der Waals surface area (Å²) in [6.07, 6.45) is 1.18. The molecule has 0 spiro atoms. The van der Waals surface area contributed by atoms with Crippen LogP contribution in [-0.4, -0.2) is 4.98 Å². The van der Waals surface area contributed by atoms with Gasteiger partial charge in [-0.3, -0.25) is 4.98 Å². The fraction of sp³-hybridized carbons (Fsp3) is 0.0833. The molecule has 0 bridgehead atoms. The van der Waals surface area contributed by atoms with Crippen LogP contribution in [0.1, 0.15) is 5.69 Å². The number of ether oxygens (including phenoxy) is 1. The Labute approximate surface area is 87.4 Å². The molecule has 15 heavy (non-hydrogen) atoms. The molecule has 0 unspecified atom stereocenters. The van der Waals surface area contributed by atoms with Crippen LogP contribution < -0.4 is 4.74 Å². The summed E-state index contributed by atoms with van der Waals surface area (Å²) >= 11 is 0. The van der Waals surface area contributed by atoms with Crippen molar-refractivity contribution in [2.24, 2.45) is 0 Å². The highest BCUT2D eigenvalue weighted by atomic mass is 19.1. The maximum absolute atomic E-state index is 12.5. The highest BCUT2D eigenvalue weighted by molar-refractivity contribution is 5.20. The van der Waals surface area contributed by atoms with Crippen molar-refractivity contribution in [1.82, 2.24) is 4.98 Å². The van der Waals surface area contributed by atoms with Crippen molar-refractivity contribution in [1.29, 1.82) is 0 Å². The Morgan fingerprint density at radius 2 is 2.00 bits per heavy atom. The second-order valence-electron chi connectivity index (χ2n) is 2.99. The van der Waals surface area contributed by atoms with Gasteiger partial charge in [-0.25, -0.2) is 4.39 Å². The molecule has 2 aromatic rings. The fourth-order valence-electron chi connectivity index (χ4n) is 1.12. The van der Waals surface area contributed by atoms with E-state index >= 15 is 0 Å². The van der Waals surface area contributed by atoms with Crippen molar-refractivity contribution in [2.45, 2.75) is 6.61 Å². The molecule has 0 aliphatic rings. The Morgan fingerprint density at radius 3 is 2.67 bits per heavy atom. The molecule has 1 radical (unpaired) electrons. The molecule has 0 saturated heterocycles. The Hall–Kier alpha value is -1.90. The molecule has 75 valence electrons. The summed E-state index contributed by atoms with van der Waals surface area (Å²) < 4.78 is 18.0. The first-order valence-corrected chi connectivity index (χ1v) is 4.54. The molecule has 1 aromatic heterocycles. The minimum Gasteiger partial charge on any atom is -0.487 e. The first-order valence-electron chi connectivity index (χ1n) is 4.54. The van der Waals surface area contributed by atoms with Crippen LogP contribution in [0.3, 0.4) is 0 Å². The zero-order chi connectivity index (χ0) is 10.5. The van der Waals surface area contributed by atoms with Gasteiger partial charge in [-0.1, -0.05) is 12.1 Å². The highest BCUT2D eigenvalue weighted by Gasteiger charge is 1.96. The maximum atomic E-state index is 12.5. The van der Waals surface area contributed by atoms with Gasteiger partial charge in [0.2, 0.25) is 0 Å². The third-order valence-corrected chi connectivity index (χ3v) is 1.86. The van der Waals surface area contributed by atoms with Gasteiger partial charge in [-0.2, -0.15) is 0 Å². The molecular formula is C12H9FNO. The molecule has 2 rings (SSSR count). The number of aromatic nitrogens is 1. The fourth-order valence-corrected chi connectivity index (χ4v) is 1.12. The zero-order valence-electron chi connectivity index (χ0n) is 7.98. The molecule has 1 aromatic carbocycles. The van der Waals surface area contributed by atoms with E-state index < -0.39 is 0 Å². The minimum absolute atomic E-state index is 0.338. The van der Waals surface area contributed by atoms with E-state index in [4.69, 9.17) is 4.74 Å². The van der Waals surface area contributed by atoms with E-state index in [1.54, 1.807) is 18.2 Å². The number of benzene rings is 1. The molecule has 0 fully saturated rings. The average Bonchev–Trinajstić information content (AvgIpc) is 2.30. The molecule has 0 amide bonds. The Balaban J connectivity index is 1.96. The predicted molar refractivity (Wildman–Crippen MR) is 53.8 cm³/mol. The molecule has 1 heterocycles. The second-order valence-corrected chi connectivity index (χ2v) is 2.99. The van der Waals surface area contributed by atoms with E-state index in [0.717, 1.165) is 5.75 Å². The van der Waals surface area contributed by atoms with Crippen LogP contribution in [-0.2, 0) is 6.61 Å². The third kappa shape index (κ3) is 2.77. The Kier molecular flexibility index (Phi) is 2.93.